The number of halogens is 1. The van der Waals surface area contributed by atoms with Crippen LogP contribution in [0.25, 0.3) is 0 Å². The highest BCUT2D eigenvalue weighted by molar-refractivity contribution is 7.90. The van der Waals surface area contributed by atoms with E-state index in [1.807, 2.05) is 11.0 Å². The van der Waals surface area contributed by atoms with Crippen molar-refractivity contribution >= 4 is 15.5 Å². The van der Waals surface area contributed by atoms with Gasteiger partial charge in [0.2, 0.25) is 0 Å². The van der Waals surface area contributed by atoms with E-state index in [2.05, 4.69) is 0 Å². The molecule has 1 aromatic rings. The lowest BCUT2D eigenvalue weighted by atomic mass is 9.93. The van der Waals surface area contributed by atoms with Crippen molar-refractivity contribution in [3.63, 3.8) is 0 Å². The molecule has 1 aliphatic heterocycles. The first-order valence-electron chi connectivity index (χ1n) is 7.03. The van der Waals surface area contributed by atoms with E-state index >= 15 is 0 Å². The van der Waals surface area contributed by atoms with Crippen LogP contribution < -0.4 is 4.90 Å². The van der Waals surface area contributed by atoms with Gasteiger partial charge in [-0.1, -0.05) is 0 Å². The fourth-order valence-corrected chi connectivity index (χ4v) is 3.68. The minimum absolute atomic E-state index is 0.0610. The Morgan fingerprint density at radius 3 is 2.33 bits per heavy atom. The number of nitrogens with zero attached hydrogens (tertiary/aromatic N) is 2. The molecular formula is C15H17FN2O2S. The molecule has 1 heterocycles. The molecule has 4 nitrogen and oxygen atoms in total. The molecule has 0 aromatic heterocycles. The summed E-state index contributed by atoms with van der Waals surface area (Å²) in [6, 6.07) is 4.23. The lowest BCUT2D eigenvalue weighted by molar-refractivity contribution is 0.384. The van der Waals surface area contributed by atoms with E-state index in [9.17, 15) is 18.1 Å². The third-order valence-corrected chi connectivity index (χ3v) is 5.80. The molecule has 0 radical (unpaired) electrons. The van der Waals surface area contributed by atoms with Gasteiger partial charge < -0.3 is 4.90 Å². The molecule has 0 amide bonds. The Kier molecular flexibility index (Phi) is 3.21. The molecule has 0 N–H and O–H groups in total. The summed E-state index contributed by atoms with van der Waals surface area (Å²) in [7, 11) is -3.50. The SMILES string of the molecule is CS(=O)(=O)c1cc(F)c(C#N)c(N2CCC3(CC2)CC3)c1. The Hall–Kier alpha value is -1.61. The first-order chi connectivity index (χ1) is 9.85. The quantitative estimate of drug-likeness (QED) is 0.842. The number of sulfone groups is 1. The van der Waals surface area contributed by atoms with Crippen LogP contribution >= 0.6 is 0 Å². The maximum Gasteiger partial charge on any atom is 0.175 e. The normalized spacial score (nSPS) is 20.3. The molecule has 3 rings (SSSR count). The van der Waals surface area contributed by atoms with Crippen LogP contribution in [0, 0.1) is 22.6 Å². The van der Waals surface area contributed by atoms with Gasteiger partial charge in [-0.05, 0) is 43.2 Å². The van der Waals surface area contributed by atoms with Crippen molar-refractivity contribution in [2.24, 2.45) is 5.41 Å². The molecular weight excluding hydrogens is 291 g/mol. The second kappa shape index (κ2) is 4.70. The molecule has 1 aliphatic carbocycles. The van der Waals surface area contributed by atoms with E-state index < -0.39 is 15.7 Å². The second-order valence-electron chi connectivity index (χ2n) is 6.17. The van der Waals surface area contributed by atoms with E-state index in [4.69, 9.17) is 0 Å². The van der Waals surface area contributed by atoms with Gasteiger partial charge in [0.05, 0.1) is 10.6 Å². The van der Waals surface area contributed by atoms with Crippen molar-refractivity contribution in [2.75, 3.05) is 24.2 Å². The standard InChI is InChI=1S/C15H17FN2O2S/c1-21(19,20)11-8-13(16)12(10-17)14(9-11)18-6-4-15(2-3-15)5-7-18/h8-9H,2-7H2,1H3. The first kappa shape index (κ1) is 14.3. The second-order valence-corrected chi connectivity index (χ2v) is 8.19. The third kappa shape index (κ3) is 2.62. The fourth-order valence-electron chi connectivity index (χ4n) is 3.04. The van der Waals surface area contributed by atoms with Crippen LogP contribution in [-0.4, -0.2) is 27.8 Å². The van der Waals surface area contributed by atoms with Gasteiger partial charge in [-0.2, -0.15) is 5.26 Å². The van der Waals surface area contributed by atoms with E-state index in [-0.39, 0.29) is 10.5 Å². The van der Waals surface area contributed by atoms with Crippen LogP contribution in [0.15, 0.2) is 17.0 Å². The van der Waals surface area contributed by atoms with Crippen molar-refractivity contribution in [1.29, 1.82) is 5.26 Å². The predicted octanol–water partition coefficient (Wildman–Crippen LogP) is 2.48. The van der Waals surface area contributed by atoms with Crippen molar-refractivity contribution < 1.29 is 12.8 Å². The minimum Gasteiger partial charge on any atom is -0.370 e. The summed E-state index contributed by atoms with van der Waals surface area (Å²) < 4.78 is 37.4. The smallest absolute Gasteiger partial charge is 0.175 e. The average Bonchev–Trinajstić information content (AvgIpc) is 3.17. The number of nitriles is 1. The summed E-state index contributed by atoms with van der Waals surface area (Å²) in [6.07, 6.45) is 5.62. The largest absolute Gasteiger partial charge is 0.370 e. The molecule has 1 spiro atoms. The van der Waals surface area contributed by atoms with Gasteiger partial charge in [0.1, 0.15) is 17.4 Å². The van der Waals surface area contributed by atoms with Gasteiger partial charge >= 0.3 is 0 Å². The Labute approximate surface area is 124 Å². The highest BCUT2D eigenvalue weighted by Gasteiger charge is 2.44. The minimum atomic E-state index is -3.50. The zero-order valence-corrected chi connectivity index (χ0v) is 12.7. The lowest BCUT2D eigenvalue weighted by Crippen LogP contribution is -2.35. The molecule has 2 fully saturated rings. The Morgan fingerprint density at radius 1 is 1.24 bits per heavy atom. The van der Waals surface area contributed by atoms with Crippen molar-refractivity contribution in [3.05, 3.63) is 23.5 Å². The molecule has 0 unspecified atom stereocenters. The van der Waals surface area contributed by atoms with Gasteiger partial charge in [0, 0.05) is 19.3 Å². The zero-order chi connectivity index (χ0) is 15.3. The predicted molar refractivity (Wildman–Crippen MR) is 77.3 cm³/mol. The lowest BCUT2D eigenvalue weighted by Gasteiger charge is -2.34. The number of anilines is 1. The Morgan fingerprint density at radius 2 is 1.86 bits per heavy atom. The van der Waals surface area contributed by atoms with Crippen LogP contribution in [0.3, 0.4) is 0 Å². The van der Waals surface area contributed by atoms with E-state index in [1.165, 1.54) is 18.9 Å². The molecule has 1 saturated heterocycles. The highest BCUT2D eigenvalue weighted by atomic mass is 32.2. The maximum atomic E-state index is 14.0. The summed E-state index contributed by atoms with van der Waals surface area (Å²) in [5, 5.41) is 9.17. The number of hydrogen-bond acceptors (Lipinski definition) is 4. The third-order valence-electron chi connectivity index (χ3n) is 4.70. The molecule has 0 atom stereocenters. The molecule has 1 aromatic carbocycles. The maximum absolute atomic E-state index is 14.0. The van der Waals surface area contributed by atoms with Crippen LogP contribution in [0.2, 0.25) is 0 Å². The topological polar surface area (TPSA) is 61.2 Å². The number of piperidine rings is 1. The fraction of sp³-hybridized carbons (Fsp3) is 0.533. The molecule has 6 heteroatoms. The molecule has 112 valence electrons. The van der Waals surface area contributed by atoms with Crippen LogP contribution in [0.4, 0.5) is 10.1 Å². The monoisotopic (exact) mass is 308 g/mol. The molecule has 1 saturated carbocycles. The summed E-state index contributed by atoms with van der Waals surface area (Å²) >= 11 is 0. The number of benzene rings is 1. The van der Waals surface area contributed by atoms with Gasteiger partial charge in [-0.15, -0.1) is 0 Å². The van der Waals surface area contributed by atoms with Crippen LogP contribution in [-0.2, 0) is 9.84 Å². The summed E-state index contributed by atoms with van der Waals surface area (Å²) in [5.74, 6) is -0.762. The van der Waals surface area contributed by atoms with Gasteiger partial charge in [0.25, 0.3) is 0 Å². The van der Waals surface area contributed by atoms with Gasteiger partial charge in [0.15, 0.2) is 9.84 Å². The molecule has 2 aliphatic rings. The Bertz CT molecular complexity index is 723. The van der Waals surface area contributed by atoms with Gasteiger partial charge in [-0.25, -0.2) is 12.8 Å². The van der Waals surface area contributed by atoms with E-state index in [0.717, 1.165) is 38.3 Å². The first-order valence-corrected chi connectivity index (χ1v) is 8.92. The molecule has 21 heavy (non-hydrogen) atoms. The number of rotatable bonds is 2. The van der Waals surface area contributed by atoms with E-state index in [1.54, 1.807) is 0 Å². The molecule has 0 bridgehead atoms. The average molecular weight is 308 g/mol. The number of hydrogen-bond donors (Lipinski definition) is 0. The van der Waals surface area contributed by atoms with Crippen LogP contribution in [0.1, 0.15) is 31.2 Å². The van der Waals surface area contributed by atoms with Crippen molar-refractivity contribution in [1.82, 2.24) is 0 Å². The van der Waals surface area contributed by atoms with E-state index in [0.29, 0.717) is 11.1 Å². The Balaban J connectivity index is 2.00. The summed E-state index contributed by atoms with van der Waals surface area (Å²) in [4.78, 5) is 1.88. The van der Waals surface area contributed by atoms with Crippen LogP contribution in [0.5, 0.6) is 0 Å². The summed E-state index contributed by atoms with van der Waals surface area (Å²) in [5.41, 5.74) is 0.818. The van der Waals surface area contributed by atoms with Gasteiger partial charge in [-0.3, -0.25) is 0 Å². The van der Waals surface area contributed by atoms with Crippen molar-refractivity contribution in [2.45, 2.75) is 30.6 Å². The van der Waals surface area contributed by atoms with Crippen molar-refractivity contribution in [3.8, 4) is 6.07 Å². The zero-order valence-electron chi connectivity index (χ0n) is 11.9. The highest BCUT2D eigenvalue weighted by Crippen LogP contribution is 2.54. The summed E-state index contributed by atoms with van der Waals surface area (Å²) in [6.45, 7) is 1.50.